The van der Waals surface area contributed by atoms with Crippen LogP contribution in [0.15, 0.2) is 48.5 Å². The lowest BCUT2D eigenvalue weighted by Crippen LogP contribution is -2.29. The molecule has 1 heterocycles. The van der Waals surface area contributed by atoms with Crippen LogP contribution in [0.1, 0.15) is 49.4 Å². The fourth-order valence-corrected chi connectivity index (χ4v) is 3.17. The van der Waals surface area contributed by atoms with Crippen molar-refractivity contribution in [3.63, 3.8) is 0 Å². The molecule has 0 bridgehead atoms. The van der Waals surface area contributed by atoms with Crippen molar-refractivity contribution in [1.29, 1.82) is 0 Å². The van der Waals surface area contributed by atoms with Gasteiger partial charge in [-0.1, -0.05) is 38.5 Å². The lowest BCUT2D eigenvalue weighted by Gasteiger charge is -2.19. The number of benzene rings is 2. The van der Waals surface area contributed by atoms with E-state index in [9.17, 15) is 4.79 Å². The molecule has 142 valence electrons. The van der Waals surface area contributed by atoms with Crippen LogP contribution in [-0.4, -0.2) is 22.6 Å². The predicted molar refractivity (Wildman–Crippen MR) is 108 cm³/mol. The number of rotatable bonds is 7. The van der Waals surface area contributed by atoms with Crippen molar-refractivity contribution in [3.05, 3.63) is 59.9 Å². The van der Waals surface area contributed by atoms with Gasteiger partial charge in [0.05, 0.1) is 24.2 Å². The number of hydrogen-bond donors (Lipinski definition) is 1. The Hall–Kier alpha value is -2.82. The summed E-state index contributed by atoms with van der Waals surface area (Å²) in [7, 11) is 1.59. The van der Waals surface area contributed by atoms with Crippen molar-refractivity contribution in [2.45, 2.75) is 39.8 Å². The van der Waals surface area contributed by atoms with Crippen molar-refractivity contribution in [2.75, 3.05) is 7.11 Å². The monoisotopic (exact) mass is 365 g/mol. The van der Waals surface area contributed by atoms with Gasteiger partial charge in [-0.25, -0.2) is 4.98 Å². The first-order valence-electron chi connectivity index (χ1n) is 9.43. The first-order chi connectivity index (χ1) is 13.0. The molecule has 2 atom stereocenters. The third-order valence-electron chi connectivity index (χ3n) is 4.94. The Kier molecular flexibility index (Phi) is 5.79. The maximum atomic E-state index is 12.7. The van der Waals surface area contributed by atoms with Crippen LogP contribution in [0.25, 0.3) is 11.0 Å². The highest BCUT2D eigenvalue weighted by Gasteiger charge is 2.20. The van der Waals surface area contributed by atoms with Crippen LogP contribution in [-0.2, 0) is 6.54 Å². The number of carbonyl (C=O) groups is 1. The Bertz CT molecular complexity index is 932. The first kappa shape index (κ1) is 19.0. The highest BCUT2D eigenvalue weighted by atomic mass is 16.5. The quantitative estimate of drug-likeness (QED) is 0.667. The molecule has 0 fully saturated rings. The molecule has 0 spiro atoms. The number of carbonyl (C=O) groups excluding carboxylic acids is 1. The first-order valence-corrected chi connectivity index (χ1v) is 9.43. The molecule has 0 radical (unpaired) electrons. The number of hydrogen-bond acceptors (Lipinski definition) is 3. The molecule has 0 aliphatic carbocycles. The topological polar surface area (TPSA) is 56.2 Å². The zero-order valence-electron chi connectivity index (χ0n) is 16.4. The second-order valence-corrected chi connectivity index (χ2v) is 7.01. The molecule has 2 unspecified atom stereocenters. The molecule has 5 heteroatoms. The molecule has 1 N–H and O–H groups in total. The molecule has 1 amide bonds. The van der Waals surface area contributed by atoms with Crippen LogP contribution in [0.2, 0.25) is 0 Å². The van der Waals surface area contributed by atoms with Gasteiger partial charge in [-0.2, -0.15) is 0 Å². The summed E-state index contributed by atoms with van der Waals surface area (Å²) in [5, 5.41) is 3.08. The van der Waals surface area contributed by atoms with Crippen molar-refractivity contribution < 1.29 is 9.53 Å². The fraction of sp³-hybridized carbons (Fsp3) is 0.364. The molecule has 2 aromatic carbocycles. The summed E-state index contributed by atoms with van der Waals surface area (Å²) >= 11 is 0. The molecule has 0 saturated carbocycles. The smallest absolute Gasteiger partial charge is 0.251 e. The number of nitrogens with one attached hydrogen (secondary N) is 1. The Balaban J connectivity index is 1.89. The van der Waals surface area contributed by atoms with Crippen molar-refractivity contribution in [3.8, 4) is 5.75 Å². The van der Waals surface area contributed by atoms with E-state index in [1.807, 2.05) is 37.3 Å². The van der Waals surface area contributed by atoms with E-state index in [1.165, 1.54) is 0 Å². The number of para-hydroxylation sites is 2. The Morgan fingerprint density at radius 1 is 1.19 bits per heavy atom. The van der Waals surface area contributed by atoms with Gasteiger partial charge in [0.1, 0.15) is 11.6 Å². The summed E-state index contributed by atoms with van der Waals surface area (Å²) in [6, 6.07) is 15.1. The molecule has 0 aliphatic rings. The third-order valence-corrected chi connectivity index (χ3v) is 4.94. The van der Waals surface area contributed by atoms with E-state index in [-0.39, 0.29) is 11.9 Å². The number of ether oxygens (including phenoxy) is 1. The predicted octanol–water partition coefficient (Wildman–Crippen LogP) is 4.58. The van der Waals surface area contributed by atoms with Crippen LogP contribution >= 0.6 is 0 Å². The molecule has 0 saturated heterocycles. The van der Waals surface area contributed by atoms with Gasteiger partial charge in [-0.05, 0) is 43.2 Å². The lowest BCUT2D eigenvalue weighted by molar-refractivity contribution is 0.0937. The van der Waals surface area contributed by atoms with Gasteiger partial charge in [0.2, 0.25) is 0 Å². The van der Waals surface area contributed by atoms with Crippen LogP contribution in [0, 0.1) is 5.92 Å². The SMILES string of the molecule is CCC(C)Cn1c(C(C)NC(=O)c2cccc(OC)c2)nc2ccccc21. The third kappa shape index (κ3) is 4.13. The molecule has 1 aromatic heterocycles. The number of imidazole rings is 1. The highest BCUT2D eigenvalue weighted by molar-refractivity contribution is 5.94. The number of aromatic nitrogens is 2. The second-order valence-electron chi connectivity index (χ2n) is 7.01. The summed E-state index contributed by atoms with van der Waals surface area (Å²) in [4.78, 5) is 17.5. The van der Waals surface area contributed by atoms with Gasteiger partial charge in [0, 0.05) is 12.1 Å². The van der Waals surface area contributed by atoms with Gasteiger partial charge in [0.25, 0.3) is 5.91 Å². The van der Waals surface area contributed by atoms with Crippen LogP contribution in [0.5, 0.6) is 5.75 Å². The summed E-state index contributed by atoms with van der Waals surface area (Å²) in [5.74, 6) is 1.94. The minimum absolute atomic E-state index is 0.136. The van der Waals surface area contributed by atoms with E-state index in [4.69, 9.17) is 9.72 Å². The van der Waals surface area contributed by atoms with Gasteiger partial charge >= 0.3 is 0 Å². The van der Waals surface area contributed by atoms with Crippen molar-refractivity contribution >= 4 is 16.9 Å². The zero-order valence-corrected chi connectivity index (χ0v) is 16.4. The number of amides is 1. The summed E-state index contributed by atoms with van der Waals surface area (Å²) in [6.45, 7) is 7.29. The fourth-order valence-electron chi connectivity index (χ4n) is 3.17. The van der Waals surface area contributed by atoms with Gasteiger partial charge in [0.15, 0.2) is 0 Å². The average Bonchev–Trinajstić information content (AvgIpc) is 3.06. The lowest BCUT2D eigenvalue weighted by atomic mass is 10.1. The van der Waals surface area contributed by atoms with E-state index >= 15 is 0 Å². The van der Waals surface area contributed by atoms with Crippen LogP contribution < -0.4 is 10.1 Å². The highest BCUT2D eigenvalue weighted by Crippen LogP contribution is 2.23. The molecule has 0 aliphatic heterocycles. The Morgan fingerprint density at radius 2 is 1.96 bits per heavy atom. The number of methoxy groups -OCH3 is 1. The zero-order chi connectivity index (χ0) is 19.4. The summed E-state index contributed by atoms with van der Waals surface area (Å²) in [6.07, 6.45) is 1.09. The minimum atomic E-state index is -0.208. The van der Waals surface area contributed by atoms with Gasteiger partial charge < -0.3 is 14.6 Å². The van der Waals surface area contributed by atoms with Gasteiger partial charge in [-0.15, -0.1) is 0 Å². The van der Waals surface area contributed by atoms with Crippen LogP contribution in [0.4, 0.5) is 0 Å². The van der Waals surface area contributed by atoms with E-state index in [1.54, 1.807) is 19.2 Å². The number of nitrogens with zero attached hydrogens (tertiary/aromatic N) is 2. The molecule has 3 aromatic rings. The summed E-state index contributed by atoms with van der Waals surface area (Å²) < 4.78 is 7.45. The van der Waals surface area contributed by atoms with Crippen molar-refractivity contribution in [2.24, 2.45) is 5.92 Å². The molecule has 27 heavy (non-hydrogen) atoms. The Labute approximate surface area is 160 Å². The van der Waals surface area contributed by atoms with E-state index in [0.717, 1.165) is 29.8 Å². The Morgan fingerprint density at radius 3 is 2.70 bits per heavy atom. The molecular formula is C22H27N3O2. The minimum Gasteiger partial charge on any atom is -0.497 e. The van der Waals surface area contributed by atoms with E-state index in [0.29, 0.717) is 17.2 Å². The summed E-state index contributed by atoms with van der Waals surface area (Å²) in [5.41, 5.74) is 2.64. The van der Waals surface area contributed by atoms with Crippen LogP contribution in [0.3, 0.4) is 0 Å². The normalized spacial score (nSPS) is 13.3. The standard InChI is InChI=1S/C22H27N3O2/c1-5-15(2)14-25-20-12-7-6-11-19(20)24-21(25)16(3)23-22(26)17-9-8-10-18(13-17)27-4/h6-13,15-16H,5,14H2,1-4H3,(H,23,26). The van der Waals surface area contributed by atoms with E-state index in [2.05, 4.69) is 29.8 Å². The molecule has 3 rings (SSSR count). The second kappa shape index (κ2) is 8.25. The maximum absolute atomic E-state index is 12.7. The van der Waals surface area contributed by atoms with Crippen molar-refractivity contribution in [1.82, 2.24) is 14.9 Å². The van der Waals surface area contributed by atoms with Gasteiger partial charge in [-0.3, -0.25) is 4.79 Å². The molecular weight excluding hydrogens is 338 g/mol. The number of fused-ring (bicyclic) bond motifs is 1. The molecule has 5 nitrogen and oxygen atoms in total. The van der Waals surface area contributed by atoms with E-state index < -0.39 is 0 Å². The average molecular weight is 365 g/mol. The largest absolute Gasteiger partial charge is 0.497 e. The maximum Gasteiger partial charge on any atom is 0.251 e.